The van der Waals surface area contributed by atoms with Gasteiger partial charge >= 0.3 is 0 Å². The molecule has 5 heterocycles. The molecule has 8 bridgehead atoms. The summed E-state index contributed by atoms with van der Waals surface area (Å²) in [5, 5.41) is 0. The van der Waals surface area contributed by atoms with Gasteiger partial charge in [0.25, 0.3) is 0 Å². The van der Waals surface area contributed by atoms with Crippen molar-refractivity contribution in [1.29, 1.82) is 0 Å². The second-order valence-corrected chi connectivity index (χ2v) is 34.8. The number of H-pyrrole nitrogens is 2. The molecule has 524 valence electrons. The van der Waals surface area contributed by atoms with Crippen molar-refractivity contribution in [2.75, 3.05) is 0 Å². The van der Waals surface area contributed by atoms with Gasteiger partial charge in [-0.3, -0.25) is 9.59 Å². The zero-order valence-electron chi connectivity index (χ0n) is 64.5. The third kappa shape index (κ3) is 14.7. The molecule has 3 aliphatic rings. The van der Waals surface area contributed by atoms with Crippen molar-refractivity contribution >= 4 is 57.9 Å². The number of nitrogens with zero attached hydrogens (tertiary/aromatic N) is 2. The molecule has 14 rings (SSSR count). The number of hydrogen-bond donors (Lipinski definition) is 2. The van der Waals surface area contributed by atoms with Gasteiger partial charge < -0.3 is 9.97 Å². The van der Waals surface area contributed by atoms with E-state index in [2.05, 4.69) is 298 Å². The SMILES string of the molecule is CC(C)(C)c1cc(-c2c3nc(c(-c4cc(C(C)(C)C)cc(C(C)(C)C)c4)c4ccc([nH]4)c(-c4cc(C(C)(C)C)cc(C(C)(C)C)c4)c4nc(c(-c5ccc(C#Cc6ccc(C#Cc7ccc(C#Cc8ccc9c(c8)C(=O)c8ccccc8C9=O)cc7)cc6)cc5)c5ccc2[nH]5)C=C4)C=C3)cc(C(C)(C)C)c1. The summed E-state index contributed by atoms with van der Waals surface area (Å²) >= 11 is 0. The van der Waals surface area contributed by atoms with Crippen LogP contribution in [0.4, 0.5) is 0 Å². The summed E-state index contributed by atoms with van der Waals surface area (Å²) in [6.07, 6.45) is 8.85. The van der Waals surface area contributed by atoms with E-state index in [4.69, 9.17) is 9.97 Å². The summed E-state index contributed by atoms with van der Waals surface area (Å²) in [4.78, 5) is 46.3. The van der Waals surface area contributed by atoms with Gasteiger partial charge in [0, 0.05) is 100.0 Å². The normalized spacial score (nSPS) is 12.9. The second-order valence-electron chi connectivity index (χ2n) is 34.8. The predicted octanol–water partition coefficient (Wildman–Crippen LogP) is 24.1. The molecular formula is C100H92N4O2. The van der Waals surface area contributed by atoms with Crippen molar-refractivity contribution < 1.29 is 9.59 Å². The van der Waals surface area contributed by atoms with Crippen molar-refractivity contribution in [2.24, 2.45) is 0 Å². The average Bonchev–Trinajstić information content (AvgIpc) is 1.58. The van der Waals surface area contributed by atoms with Gasteiger partial charge in [-0.1, -0.05) is 251 Å². The maximum Gasteiger partial charge on any atom is 0.194 e. The lowest BCUT2D eigenvalue weighted by Crippen LogP contribution is -2.20. The summed E-state index contributed by atoms with van der Waals surface area (Å²) in [6, 6.07) is 67.0. The minimum atomic E-state index is -0.162. The minimum absolute atomic E-state index is 0.129. The second kappa shape index (κ2) is 26.8. The van der Waals surface area contributed by atoms with Gasteiger partial charge in [0.05, 0.1) is 22.8 Å². The fraction of sp³-hybridized carbons (Fsp3) is 0.240. The van der Waals surface area contributed by atoms with E-state index < -0.39 is 0 Å². The van der Waals surface area contributed by atoms with Gasteiger partial charge in [-0.25, -0.2) is 9.97 Å². The fourth-order valence-corrected chi connectivity index (χ4v) is 13.9. The molecule has 11 aromatic rings. The lowest BCUT2D eigenvalue weighted by Gasteiger charge is -2.26. The van der Waals surface area contributed by atoms with Crippen molar-refractivity contribution in [3.05, 3.63) is 306 Å². The Morgan fingerprint density at radius 3 is 0.764 bits per heavy atom. The van der Waals surface area contributed by atoms with Crippen LogP contribution in [0.15, 0.2) is 194 Å². The van der Waals surface area contributed by atoms with Crippen LogP contribution in [0.25, 0.3) is 90.9 Å². The molecule has 1 aliphatic carbocycles. The van der Waals surface area contributed by atoms with Crippen LogP contribution < -0.4 is 0 Å². The van der Waals surface area contributed by atoms with Crippen LogP contribution in [-0.4, -0.2) is 31.5 Å². The molecular weight excluding hydrogens is 1290 g/mol. The van der Waals surface area contributed by atoms with Crippen LogP contribution in [0.1, 0.15) is 246 Å². The molecule has 2 aliphatic heterocycles. The van der Waals surface area contributed by atoms with E-state index >= 15 is 0 Å². The van der Waals surface area contributed by atoms with Crippen LogP contribution in [-0.2, 0) is 32.5 Å². The highest BCUT2D eigenvalue weighted by atomic mass is 16.1. The van der Waals surface area contributed by atoms with Gasteiger partial charge in [0.1, 0.15) is 0 Å². The van der Waals surface area contributed by atoms with E-state index in [9.17, 15) is 9.59 Å². The van der Waals surface area contributed by atoms with Gasteiger partial charge in [-0.15, -0.1) is 0 Å². The first-order chi connectivity index (χ1) is 50.1. The highest BCUT2D eigenvalue weighted by Crippen LogP contribution is 2.44. The molecule has 0 unspecified atom stereocenters. The number of benzene rings is 8. The van der Waals surface area contributed by atoms with E-state index in [1.165, 1.54) is 33.4 Å². The van der Waals surface area contributed by atoms with Gasteiger partial charge in [-0.2, -0.15) is 0 Å². The Morgan fingerprint density at radius 2 is 0.481 bits per heavy atom. The first kappa shape index (κ1) is 71.4. The molecule has 2 N–H and O–H groups in total. The Kier molecular flexibility index (Phi) is 18.1. The molecule has 0 fully saturated rings. The third-order valence-corrected chi connectivity index (χ3v) is 20.5. The van der Waals surface area contributed by atoms with Crippen LogP contribution in [0, 0.1) is 35.5 Å². The number of aromatic amines is 2. The first-order valence-electron chi connectivity index (χ1n) is 36.9. The molecule has 0 saturated heterocycles. The van der Waals surface area contributed by atoms with E-state index in [0.29, 0.717) is 27.8 Å². The Morgan fingerprint density at radius 1 is 0.245 bits per heavy atom. The Hall–Kier alpha value is -11.6. The zero-order valence-corrected chi connectivity index (χ0v) is 64.5. The summed E-state index contributed by atoms with van der Waals surface area (Å²) in [5.74, 6) is 19.6. The number of carbonyl (C=O) groups is 2. The van der Waals surface area contributed by atoms with Crippen LogP contribution in [0.3, 0.4) is 0 Å². The minimum Gasteiger partial charge on any atom is -0.354 e. The average molecular weight is 1380 g/mol. The highest BCUT2D eigenvalue weighted by molar-refractivity contribution is 6.28. The molecule has 0 radical (unpaired) electrons. The monoisotopic (exact) mass is 1380 g/mol. The smallest absolute Gasteiger partial charge is 0.194 e. The predicted molar refractivity (Wildman–Crippen MR) is 443 cm³/mol. The summed E-state index contributed by atoms with van der Waals surface area (Å²) in [6.45, 7) is 41.5. The van der Waals surface area contributed by atoms with Gasteiger partial charge in [-0.05, 0) is 216 Å². The molecule has 6 nitrogen and oxygen atoms in total. The lowest BCUT2D eigenvalue weighted by molar-refractivity contribution is 0.0979. The quantitative estimate of drug-likeness (QED) is 0.172. The molecule has 3 aromatic heterocycles. The zero-order chi connectivity index (χ0) is 75.2. The van der Waals surface area contributed by atoms with Crippen molar-refractivity contribution in [1.82, 2.24) is 19.9 Å². The largest absolute Gasteiger partial charge is 0.354 e. The number of nitrogens with one attached hydrogen (secondary N) is 2. The number of carbonyl (C=O) groups excluding carboxylic acids is 2. The fourth-order valence-electron chi connectivity index (χ4n) is 13.9. The maximum atomic E-state index is 13.3. The molecule has 0 saturated carbocycles. The number of hydrogen-bond acceptors (Lipinski definition) is 4. The first-order valence-corrected chi connectivity index (χ1v) is 36.9. The Bertz CT molecular complexity index is 5730. The van der Waals surface area contributed by atoms with E-state index in [1.54, 1.807) is 42.5 Å². The molecule has 8 aromatic carbocycles. The van der Waals surface area contributed by atoms with Crippen LogP contribution in [0.2, 0.25) is 0 Å². The summed E-state index contributed by atoms with van der Waals surface area (Å²) in [7, 11) is 0. The van der Waals surface area contributed by atoms with E-state index in [1.807, 2.05) is 48.5 Å². The molecule has 0 atom stereocenters. The van der Waals surface area contributed by atoms with Crippen molar-refractivity contribution in [3.63, 3.8) is 0 Å². The molecule has 0 spiro atoms. The lowest BCUT2D eigenvalue weighted by atomic mass is 9.78. The Labute approximate surface area is 626 Å². The third-order valence-electron chi connectivity index (χ3n) is 20.5. The molecule has 106 heavy (non-hydrogen) atoms. The number of rotatable bonds is 4. The Balaban J connectivity index is 0.879. The molecule has 6 heteroatoms. The summed E-state index contributed by atoms with van der Waals surface area (Å²) < 4.78 is 0. The van der Waals surface area contributed by atoms with E-state index in [-0.39, 0.29) is 44.1 Å². The van der Waals surface area contributed by atoms with Crippen LogP contribution >= 0.6 is 0 Å². The summed E-state index contributed by atoms with van der Waals surface area (Å²) in [5.41, 5.74) is 28.9. The van der Waals surface area contributed by atoms with Crippen molar-refractivity contribution in [2.45, 2.75) is 157 Å². The standard InChI is InChI=1S/C100H92N4O2/c1-95(2,3)71-52-68(53-72(58-71)96(4,5)6)90-83-45-43-81(101-83)89(67-40-37-65(38-41-67)34-33-63-27-25-61(26-28-63)23-24-62-29-31-64(32-30-62)35-36-66-39-42-79-80(51-66)94(106)78-22-20-19-21-77(78)93(79)105)82-44-46-84(102-82)91(69-54-73(97(7,8)9)59-74(55-69)98(10,11)12)86-48-50-88(104-86)92(87-49-47-85(90)103-87)70-56-75(99(13,14)15)60-76(57-70)100(16,17)18/h19-22,25-32,37-60,101,104H,1-18H3. The van der Waals surface area contributed by atoms with Gasteiger partial charge in [0.15, 0.2) is 11.6 Å². The molecule has 0 amide bonds. The topological polar surface area (TPSA) is 91.5 Å². The number of aromatic nitrogens is 4. The van der Waals surface area contributed by atoms with E-state index in [0.717, 1.165) is 117 Å². The van der Waals surface area contributed by atoms with Crippen molar-refractivity contribution in [3.8, 4) is 80.0 Å². The van der Waals surface area contributed by atoms with Gasteiger partial charge in [0.2, 0.25) is 0 Å². The maximum absolute atomic E-state index is 13.3. The van der Waals surface area contributed by atoms with Crippen LogP contribution in [0.5, 0.6) is 0 Å². The number of ketones is 2. The number of fused-ring (bicyclic) bond motifs is 10. The highest BCUT2D eigenvalue weighted by Gasteiger charge is 2.31.